The van der Waals surface area contributed by atoms with Crippen LogP contribution in [-0.4, -0.2) is 89.1 Å². The maximum absolute atomic E-state index is 0. The van der Waals surface area contributed by atoms with Gasteiger partial charge in [0, 0.05) is 0 Å². The summed E-state index contributed by atoms with van der Waals surface area (Å²) in [7, 11) is 0. The predicted molar refractivity (Wildman–Crippen MR) is 23.7 cm³/mol. The molecule has 0 aromatic heterocycles. The SMILES string of the molecule is [Al+3].[Ca+2].[Mg+2].[O-2].[Si+4]. The molecule has 0 saturated carbocycles. The topological polar surface area (TPSA) is 28.5 Å². The quantitative estimate of drug-likeness (QED) is 0.357. The van der Waals surface area contributed by atoms with Crippen molar-refractivity contribution in [3.63, 3.8) is 0 Å². The Hall–Kier alpha value is 2.74. The van der Waals surface area contributed by atoms with Crippen LogP contribution in [0, 0.1) is 0 Å². The van der Waals surface area contributed by atoms with E-state index < -0.39 is 0 Å². The molecule has 0 rings (SSSR count). The second-order valence-electron chi connectivity index (χ2n) is 0. The molecule has 0 aromatic rings. The summed E-state index contributed by atoms with van der Waals surface area (Å²) in [6.45, 7) is 0. The van der Waals surface area contributed by atoms with Crippen LogP contribution < -0.4 is 0 Å². The fourth-order valence-corrected chi connectivity index (χ4v) is 0. The molecule has 5 heavy (non-hydrogen) atoms. The zero-order valence-electron chi connectivity index (χ0n) is 2.90. The molecule has 0 aliphatic rings. The van der Waals surface area contributed by atoms with Crippen molar-refractivity contribution in [3.05, 3.63) is 0 Å². The molecule has 1 nitrogen and oxygen atoms in total. The second kappa shape index (κ2) is 29.6. The van der Waals surface area contributed by atoms with Crippen molar-refractivity contribution in [2.24, 2.45) is 0 Å². The molecule has 0 N–H and O–H groups in total. The van der Waals surface area contributed by atoms with Crippen LogP contribution >= 0.6 is 0 Å². The maximum atomic E-state index is 0. The molecule has 8 valence electrons. The Morgan fingerprint density at radius 3 is 1.00 bits per heavy atom. The Kier molecular flexibility index (Phi) is 278. The molecule has 0 aliphatic heterocycles. The molecule has 0 fully saturated rings. The average Bonchev–Trinajstić information content (AvgIpc) is 0. The monoisotopic (exact) mass is 135 g/mol. The van der Waals surface area contributed by atoms with Gasteiger partial charge in [-0.25, -0.2) is 0 Å². The largest absolute Gasteiger partial charge is 4.00 e. The molecule has 0 aliphatic carbocycles. The van der Waals surface area contributed by atoms with Crippen LogP contribution in [0.3, 0.4) is 0 Å². The summed E-state index contributed by atoms with van der Waals surface area (Å²) in [4.78, 5) is 0. The molecule has 0 aromatic carbocycles. The number of rotatable bonds is 0. The summed E-state index contributed by atoms with van der Waals surface area (Å²) >= 11 is 0. The molecule has 0 radical (unpaired) electrons. The van der Waals surface area contributed by atoms with Crippen LogP contribution in [0.4, 0.5) is 0 Å². The first-order chi connectivity index (χ1) is 0. The van der Waals surface area contributed by atoms with Crippen molar-refractivity contribution in [2.45, 2.75) is 0 Å². The Balaban J connectivity index is 0. The normalized spacial score (nSPS) is 0. The summed E-state index contributed by atoms with van der Waals surface area (Å²) in [6, 6.07) is 0. The molecular weight excluding hydrogens is 135 g/mol. The second-order valence-corrected chi connectivity index (χ2v) is 0. The van der Waals surface area contributed by atoms with E-state index in [1.807, 2.05) is 0 Å². The molecular formula is AlCaMgOSi+9. The van der Waals surface area contributed by atoms with Gasteiger partial charge in [0.1, 0.15) is 0 Å². The van der Waals surface area contributed by atoms with Crippen LogP contribution in [0.5, 0.6) is 0 Å². The summed E-state index contributed by atoms with van der Waals surface area (Å²) in [5.74, 6) is 0. The Bertz CT molecular complexity index is 11.6. The van der Waals surface area contributed by atoms with Gasteiger partial charge in [-0.2, -0.15) is 0 Å². The summed E-state index contributed by atoms with van der Waals surface area (Å²) < 4.78 is 0. The van der Waals surface area contributed by atoms with E-state index in [9.17, 15) is 0 Å². The summed E-state index contributed by atoms with van der Waals surface area (Å²) in [5, 5.41) is 0. The van der Waals surface area contributed by atoms with E-state index in [0.717, 1.165) is 0 Å². The number of hydrogen-bond acceptors (Lipinski definition) is 0. The molecule has 0 bridgehead atoms. The Morgan fingerprint density at radius 1 is 1.00 bits per heavy atom. The summed E-state index contributed by atoms with van der Waals surface area (Å²) in [5.41, 5.74) is 0. The van der Waals surface area contributed by atoms with Crippen molar-refractivity contribution >= 4 is 89.1 Å². The van der Waals surface area contributed by atoms with E-state index in [1.54, 1.807) is 0 Å². The fourth-order valence-electron chi connectivity index (χ4n) is 0. The van der Waals surface area contributed by atoms with Gasteiger partial charge in [0.15, 0.2) is 0 Å². The predicted octanol–water partition coefficient (Wildman–Crippen LogP) is -1.64. The number of hydrogen-bond donors (Lipinski definition) is 0. The molecule has 5 heteroatoms. The van der Waals surface area contributed by atoms with Crippen molar-refractivity contribution in [3.8, 4) is 0 Å². The standard InChI is InChI=1S/Al.Ca.Mg.O.Si/q+3;2*+2;-2;+4. The van der Waals surface area contributed by atoms with Crippen LogP contribution in [0.2, 0.25) is 0 Å². The molecule has 0 spiro atoms. The average molecular weight is 135 g/mol. The van der Waals surface area contributed by atoms with Crippen molar-refractivity contribution in [1.82, 2.24) is 0 Å². The van der Waals surface area contributed by atoms with Crippen LogP contribution in [-0.2, 0) is 5.48 Å². The first kappa shape index (κ1) is 46.9. The minimum absolute atomic E-state index is 0. The Morgan fingerprint density at radius 2 is 1.00 bits per heavy atom. The third kappa shape index (κ3) is 20.2. The first-order valence-corrected chi connectivity index (χ1v) is 0. The van der Waals surface area contributed by atoms with Gasteiger partial charge in [-0.15, -0.1) is 0 Å². The third-order valence-corrected chi connectivity index (χ3v) is 0. The van der Waals surface area contributed by atoms with Gasteiger partial charge >= 0.3 is 89.1 Å². The van der Waals surface area contributed by atoms with Crippen LogP contribution in [0.15, 0.2) is 0 Å². The van der Waals surface area contributed by atoms with Crippen molar-refractivity contribution < 1.29 is 5.48 Å². The van der Waals surface area contributed by atoms with Gasteiger partial charge in [-0.3, -0.25) is 0 Å². The molecule has 0 atom stereocenters. The van der Waals surface area contributed by atoms with Gasteiger partial charge in [-0.1, -0.05) is 0 Å². The smallest absolute Gasteiger partial charge is 2.00 e. The zero-order valence-corrected chi connectivity index (χ0v) is 8.68. The first-order valence-electron chi connectivity index (χ1n) is 0. The van der Waals surface area contributed by atoms with Crippen LogP contribution in [0.1, 0.15) is 0 Å². The minimum atomic E-state index is 0. The van der Waals surface area contributed by atoms with Gasteiger partial charge in [-0.05, 0) is 0 Å². The minimum Gasteiger partial charge on any atom is -2.00 e. The van der Waals surface area contributed by atoms with Crippen molar-refractivity contribution in [1.29, 1.82) is 0 Å². The molecule has 0 saturated heterocycles. The molecule has 0 amide bonds. The van der Waals surface area contributed by atoms with Gasteiger partial charge in [0.25, 0.3) is 0 Å². The Labute approximate surface area is 92.9 Å². The van der Waals surface area contributed by atoms with Crippen molar-refractivity contribution in [2.75, 3.05) is 0 Å². The molecule has 0 heterocycles. The van der Waals surface area contributed by atoms with E-state index >= 15 is 0 Å². The van der Waals surface area contributed by atoms with E-state index in [4.69, 9.17) is 0 Å². The van der Waals surface area contributed by atoms with Crippen LogP contribution in [0.25, 0.3) is 0 Å². The van der Waals surface area contributed by atoms with Gasteiger partial charge < -0.3 is 5.48 Å². The van der Waals surface area contributed by atoms with Gasteiger partial charge in [0.05, 0.1) is 0 Å². The van der Waals surface area contributed by atoms with E-state index in [1.165, 1.54) is 0 Å². The zero-order chi connectivity index (χ0) is 0. The van der Waals surface area contributed by atoms with E-state index in [-0.39, 0.29) is 94.6 Å². The van der Waals surface area contributed by atoms with Gasteiger partial charge in [0.2, 0.25) is 0 Å². The van der Waals surface area contributed by atoms with E-state index in [0.29, 0.717) is 0 Å². The van der Waals surface area contributed by atoms with E-state index in [2.05, 4.69) is 0 Å². The summed E-state index contributed by atoms with van der Waals surface area (Å²) in [6.07, 6.45) is 0. The molecule has 0 unspecified atom stereocenters. The fraction of sp³-hybridized carbons (Fsp3) is 0. The maximum Gasteiger partial charge on any atom is 4.00 e. The third-order valence-electron chi connectivity index (χ3n) is 0.